The maximum absolute atomic E-state index is 14.7. The van der Waals surface area contributed by atoms with Gasteiger partial charge >= 0.3 is 0 Å². The largest absolute Gasteiger partial charge is 0.236 e. The van der Waals surface area contributed by atoms with Crippen LogP contribution in [-0.4, -0.2) is 18.5 Å². The van der Waals surface area contributed by atoms with Crippen LogP contribution in [0.5, 0.6) is 0 Å². The topological polar surface area (TPSA) is 0 Å². The number of benzene rings is 2. The number of halogens is 15. The number of alkyl halides is 2. The molecule has 1 aliphatic carbocycles. The second-order valence-electron chi connectivity index (χ2n) is 7.49. The molecule has 0 fully saturated rings. The third-order valence-electron chi connectivity index (χ3n) is 5.66. The van der Waals surface area contributed by atoms with Crippen LogP contribution in [0.25, 0.3) is 0 Å². The highest BCUT2D eigenvalue weighted by Gasteiger charge is 2.49. The third-order valence-corrected chi connectivity index (χ3v) is 5.66. The van der Waals surface area contributed by atoms with Crippen LogP contribution in [0, 0.1) is 58.2 Å². The lowest BCUT2D eigenvalue weighted by atomic mass is 9.15. The molecule has 0 saturated carbocycles. The summed E-state index contributed by atoms with van der Waals surface area (Å²) in [5, 5.41) is 0. The van der Waals surface area contributed by atoms with Crippen LogP contribution in [0.2, 0.25) is 6.82 Å². The predicted molar refractivity (Wildman–Crippen MR) is 90.5 cm³/mol. The number of allylic oxidation sites excluding steroid dienone is 4. The molecule has 0 nitrogen and oxygen atoms in total. The van der Waals surface area contributed by atoms with Gasteiger partial charge in [-0.25, -0.2) is 65.9 Å². The van der Waals surface area contributed by atoms with Gasteiger partial charge in [-0.3, -0.25) is 0 Å². The highest BCUT2D eigenvalue weighted by molar-refractivity contribution is 7.07. The summed E-state index contributed by atoms with van der Waals surface area (Å²) in [6.07, 6.45) is -13.1. The Morgan fingerprint density at radius 1 is 0.429 bits per heavy atom. The van der Waals surface area contributed by atoms with E-state index in [-0.39, 0.29) is 6.82 Å². The number of hydrogen-bond acceptors (Lipinski definition) is 0. The molecular formula is C19H5BF15-. The van der Waals surface area contributed by atoms with Gasteiger partial charge in [0.15, 0.2) is 53.1 Å². The zero-order valence-electron chi connectivity index (χ0n) is 16.4. The Bertz CT molecular complexity index is 1200. The van der Waals surface area contributed by atoms with Crippen LogP contribution in [0.3, 0.4) is 0 Å². The molecule has 0 bridgehead atoms. The molecule has 0 spiro atoms. The minimum Gasteiger partial charge on any atom is -0.236 e. The molecule has 0 N–H and O–H groups in total. The Labute approximate surface area is 184 Å². The van der Waals surface area contributed by atoms with Crippen molar-refractivity contribution in [3.8, 4) is 0 Å². The first-order valence-corrected chi connectivity index (χ1v) is 9.00. The summed E-state index contributed by atoms with van der Waals surface area (Å²) in [6.45, 7) is -0.191. The van der Waals surface area contributed by atoms with E-state index in [4.69, 9.17) is 0 Å². The van der Waals surface area contributed by atoms with E-state index in [1.54, 1.807) is 0 Å². The van der Waals surface area contributed by atoms with Crippen LogP contribution in [0.4, 0.5) is 65.9 Å². The molecule has 190 valence electrons. The molecule has 35 heavy (non-hydrogen) atoms. The summed E-state index contributed by atoms with van der Waals surface area (Å²) >= 11 is 0. The highest BCUT2D eigenvalue weighted by Crippen LogP contribution is 2.42. The molecule has 0 aromatic heterocycles. The van der Waals surface area contributed by atoms with Crippen LogP contribution < -0.4 is 10.9 Å². The summed E-state index contributed by atoms with van der Waals surface area (Å²) in [5.74, 6) is -38.7. The molecule has 2 aromatic carbocycles. The van der Waals surface area contributed by atoms with Gasteiger partial charge in [0.1, 0.15) is 41.1 Å². The normalized spacial score (nSPS) is 19.2. The Balaban J connectivity index is 2.71. The van der Waals surface area contributed by atoms with Crippen molar-refractivity contribution in [3.05, 3.63) is 81.1 Å². The molecule has 0 aliphatic heterocycles. The van der Waals surface area contributed by atoms with Crippen molar-refractivity contribution >= 4 is 17.1 Å². The van der Waals surface area contributed by atoms with E-state index >= 15 is 0 Å². The second kappa shape index (κ2) is 8.55. The second-order valence-corrected chi connectivity index (χ2v) is 7.49. The Morgan fingerprint density at radius 2 is 0.686 bits per heavy atom. The van der Waals surface area contributed by atoms with E-state index in [0.29, 0.717) is 0 Å². The summed E-state index contributed by atoms with van der Waals surface area (Å²) in [6, 6.07) is 0. The SMILES string of the molecule is C[B-](C1=C(F)C(F)C(F)C(F)=C1F)(c1c(F)c(F)c(F)c(F)c1F)c1c(F)c(F)c(F)c(F)c1F. The van der Waals surface area contributed by atoms with Crippen molar-refractivity contribution in [2.24, 2.45) is 0 Å². The molecule has 0 saturated heterocycles. The minimum atomic E-state index is -5.38. The summed E-state index contributed by atoms with van der Waals surface area (Å²) in [4.78, 5) is 0. The van der Waals surface area contributed by atoms with Crippen molar-refractivity contribution in [2.75, 3.05) is 0 Å². The highest BCUT2D eigenvalue weighted by atomic mass is 19.2. The minimum absolute atomic E-state index is 0.191. The molecule has 2 unspecified atom stereocenters. The predicted octanol–water partition coefficient (Wildman–Crippen LogP) is 5.87. The van der Waals surface area contributed by atoms with Crippen molar-refractivity contribution in [2.45, 2.75) is 19.2 Å². The summed E-state index contributed by atoms with van der Waals surface area (Å²) in [5.41, 5.74) is -7.79. The zero-order chi connectivity index (χ0) is 26.9. The first kappa shape index (κ1) is 26.5. The fourth-order valence-electron chi connectivity index (χ4n) is 3.98. The smallest absolute Gasteiger partial charge is 0.200 e. The Morgan fingerprint density at radius 3 is 1.00 bits per heavy atom. The van der Waals surface area contributed by atoms with E-state index in [1.807, 2.05) is 0 Å². The van der Waals surface area contributed by atoms with Gasteiger partial charge in [0.2, 0.25) is 0 Å². The first-order chi connectivity index (χ1) is 16.0. The van der Waals surface area contributed by atoms with Crippen molar-refractivity contribution < 1.29 is 65.9 Å². The van der Waals surface area contributed by atoms with Crippen LogP contribution in [0.1, 0.15) is 0 Å². The summed E-state index contributed by atoms with van der Waals surface area (Å²) in [7, 11) is 0. The maximum atomic E-state index is 14.7. The van der Waals surface area contributed by atoms with E-state index < -0.39 is 111 Å². The van der Waals surface area contributed by atoms with Gasteiger partial charge in [-0.1, -0.05) is 0 Å². The molecule has 3 rings (SSSR count). The maximum Gasteiger partial charge on any atom is 0.200 e. The average molecular weight is 529 g/mol. The fraction of sp³-hybridized carbons (Fsp3) is 0.158. The van der Waals surface area contributed by atoms with E-state index in [9.17, 15) is 65.9 Å². The lowest BCUT2D eigenvalue weighted by Gasteiger charge is -2.43. The van der Waals surface area contributed by atoms with E-state index in [0.717, 1.165) is 0 Å². The molecule has 0 heterocycles. The molecular weight excluding hydrogens is 524 g/mol. The zero-order valence-corrected chi connectivity index (χ0v) is 16.4. The van der Waals surface area contributed by atoms with E-state index in [1.165, 1.54) is 0 Å². The van der Waals surface area contributed by atoms with Crippen LogP contribution >= 0.6 is 0 Å². The molecule has 16 heteroatoms. The number of hydrogen-bond donors (Lipinski definition) is 0. The lowest BCUT2D eigenvalue weighted by molar-refractivity contribution is 0.167. The molecule has 1 aliphatic rings. The van der Waals surface area contributed by atoms with Gasteiger partial charge in [-0.05, 0) is 0 Å². The van der Waals surface area contributed by atoms with E-state index in [2.05, 4.69) is 0 Å². The van der Waals surface area contributed by atoms with Crippen LogP contribution in [-0.2, 0) is 0 Å². The van der Waals surface area contributed by atoms with Crippen molar-refractivity contribution in [3.63, 3.8) is 0 Å². The standard InChI is InChI=1S/C19H5BF15/c1-20(2-5(21)11(27)17(33)12(28)6(2)22,3-7(23)13(29)18(34)14(30)8(3)24)4-9(25)15(31)19(35)16(32)10(4)26/h11,17H,1H3/q-1. The van der Waals surface area contributed by atoms with Gasteiger partial charge in [-0.15, -0.1) is 16.4 Å². The molecule has 2 aromatic rings. The average Bonchev–Trinajstić information content (AvgIpc) is 2.81. The monoisotopic (exact) mass is 529 g/mol. The Kier molecular flexibility index (Phi) is 6.48. The van der Waals surface area contributed by atoms with Gasteiger partial charge in [0.25, 0.3) is 0 Å². The number of rotatable bonds is 3. The van der Waals surface area contributed by atoms with Crippen LogP contribution in [0.15, 0.2) is 23.0 Å². The van der Waals surface area contributed by atoms with Gasteiger partial charge in [0, 0.05) is 0 Å². The molecule has 0 radical (unpaired) electrons. The fourth-order valence-corrected chi connectivity index (χ4v) is 3.98. The lowest BCUT2D eigenvalue weighted by Crippen LogP contribution is -2.64. The first-order valence-electron chi connectivity index (χ1n) is 9.00. The van der Waals surface area contributed by atoms with Gasteiger partial charge in [-0.2, -0.15) is 6.82 Å². The van der Waals surface area contributed by atoms with Crippen molar-refractivity contribution in [1.29, 1.82) is 0 Å². The quantitative estimate of drug-likeness (QED) is 0.202. The Hall–Kier alpha value is -3.07. The van der Waals surface area contributed by atoms with Gasteiger partial charge < -0.3 is 0 Å². The molecule has 2 atom stereocenters. The van der Waals surface area contributed by atoms with Crippen molar-refractivity contribution in [1.82, 2.24) is 0 Å². The summed E-state index contributed by atoms with van der Waals surface area (Å²) < 4.78 is 212. The molecule has 0 amide bonds. The third kappa shape index (κ3) is 3.43. The van der Waals surface area contributed by atoms with Gasteiger partial charge in [0.05, 0.1) is 0 Å².